The molecule has 4 atom stereocenters. The van der Waals surface area contributed by atoms with Gasteiger partial charge in [0.05, 0.1) is 0 Å². The van der Waals surface area contributed by atoms with Gasteiger partial charge in [-0.2, -0.15) is 0 Å². The molecule has 18 heavy (non-hydrogen) atoms. The highest BCUT2D eigenvalue weighted by Crippen LogP contribution is 2.69. The summed E-state index contributed by atoms with van der Waals surface area (Å²) in [7, 11) is 0.564. The normalized spacial score (nSPS) is 38.3. The van der Waals surface area contributed by atoms with Gasteiger partial charge in [-0.05, 0) is 59.6 Å². The first kappa shape index (κ1) is 15.3. The van der Waals surface area contributed by atoms with E-state index in [0.29, 0.717) is 10.3 Å². The molecule has 2 aliphatic rings. The summed E-state index contributed by atoms with van der Waals surface area (Å²) in [6, 6.07) is 0. The minimum atomic E-state index is 0.282. The van der Waals surface area contributed by atoms with Crippen LogP contribution in [0.2, 0.25) is 0 Å². The second-order valence-electron chi connectivity index (χ2n) is 8.15. The van der Waals surface area contributed by atoms with Crippen molar-refractivity contribution in [1.29, 1.82) is 0 Å². The molecule has 0 N–H and O–H groups in total. The predicted molar refractivity (Wildman–Crippen MR) is 89.1 cm³/mol. The van der Waals surface area contributed by atoms with E-state index in [2.05, 4.69) is 41.5 Å². The minimum Gasteiger partial charge on any atom is -0.0974 e. The molecule has 0 nitrogen and oxygen atoms in total. The Kier molecular flexibility index (Phi) is 4.52. The van der Waals surface area contributed by atoms with Gasteiger partial charge in [0.2, 0.25) is 0 Å². The molecule has 0 spiro atoms. The van der Waals surface area contributed by atoms with E-state index in [1.54, 1.807) is 25.2 Å². The Morgan fingerprint density at radius 1 is 0.667 bits per heavy atom. The lowest BCUT2D eigenvalue weighted by molar-refractivity contribution is 0.671. The molecule has 2 rings (SSSR count). The molecule has 0 aliphatic carbocycles. The molecular formula is C16H32P2. The summed E-state index contributed by atoms with van der Waals surface area (Å²) in [5, 5.41) is 1.19. The standard InChI is InChI=1S/C16H32P2/c1-15(2,3)17-11-7-9-13(17)14-10-8-12-18(14)16(4,5)6/h13-14H,7-12H2,1-6H3/t13-,14-,17-,18-/m0/s1. The molecule has 0 aromatic rings. The van der Waals surface area contributed by atoms with Gasteiger partial charge in [0.1, 0.15) is 0 Å². The van der Waals surface area contributed by atoms with Crippen molar-refractivity contribution in [3.05, 3.63) is 0 Å². The summed E-state index contributed by atoms with van der Waals surface area (Å²) < 4.78 is 0. The molecule has 0 unspecified atom stereocenters. The fourth-order valence-electron chi connectivity index (χ4n) is 4.05. The Bertz CT molecular complexity index is 254. The fraction of sp³-hybridized carbons (Fsp3) is 1.00. The van der Waals surface area contributed by atoms with Crippen LogP contribution >= 0.6 is 15.8 Å². The molecule has 0 aromatic carbocycles. The van der Waals surface area contributed by atoms with Crippen molar-refractivity contribution in [2.75, 3.05) is 12.3 Å². The molecule has 2 aliphatic heterocycles. The molecule has 0 aromatic heterocycles. The highest BCUT2D eigenvalue weighted by Gasteiger charge is 2.46. The topological polar surface area (TPSA) is 0 Å². The van der Waals surface area contributed by atoms with Crippen molar-refractivity contribution in [3.8, 4) is 0 Å². The molecule has 0 bridgehead atoms. The Morgan fingerprint density at radius 2 is 1.00 bits per heavy atom. The summed E-state index contributed by atoms with van der Waals surface area (Å²) in [5.41, 5.74) is 2.24. The molecular weight excluding hydrogens is 254 g/mol. The zero-order valence-electron chi connectivity index (χ0n) is 13.3. The lowest BCUT2D eigenvalue weighted by Gasteiger charge is -2.42. The van der Waals surface area contributed by atoms with Gasteiger partial charge >= 0.3 is 0 Å². The minimum absolute atomic E-state index is 0.282. The average Bonchev–Trinajstić information content (AvgIpc) is 2.83. The van der Waals surface area contributed by atoms with E-state index in [0.717, 1.165) is 11.3 Å². The van der Waals surface area contributed by atoms with E-state index in [9.17, 15) is 0 Å². The smallest absolute Gasteiger partial charge is 0.0136 e. The molecule has 2 saturated heterocycles. The molecule has 2 heterocycles. The van der Waals surface area contributed by atoms with Crippen molar-refractivity contribution >= 4 is 15.8 Å². The van der Waals surface area contributed by atoms with E-state index in [-0.39, 0.29) is 15.8 Å². The number of hydrogen-bond acceptors (Lipinski definition) is 0. The van der Waals surface area contributed by atoms with Crippen LogP contribution in [0.25, 0.3) is 0 Å². The second kappa shape index (κ2) is 5.33. The van der Waals surface area contributed by atoms with Gasteiger partial charge in [-0.1, -0.05) is 57.4 Å². The van der Waals surface area contributed by atoms with Crippen molar-refractivity contribution in [2.45, 2.75) is 88.9 Å². The van der Waals surface area contributed by atoms with Crippen molar-refractivity contribution in [1.82, 2.24) is 0 Å². The summed E-state index contributed by atoms with van der Waals surface area (Å²) in [6.07, 6.45) is 9.29. The van der Waals surface area contributed by atoms with E-state index in [1.165, 1.54) is 12.8 Å². The van der Waals surface area contributed by atoms with E-state index in [4.69, 9.17) is 0 Å². The molecule has 106 valence electrons. The Hall–Kier alpha value is 0.860. The van der Waals surface area contributed by atoms with Gasteiger partial charge in [-0.3, -0.25) is 0 Å². The van der Waals surface area contributed by atoms with Crippen molar-refractivity contribution in [3.63, 3.8) is 0 Å². The molecule has 0 amide bonds. The van der Waals surface area contributed by atoms with E-state index in [1.807, 2.05) is 0 Å². The van der Waals surface area contributed by atoms with Gasteiger partial charge in [0.15, 0.2) is 0 Å². The molecule has 0 radical (unpaired) electrons. The average molecular weight is 286 g/mol. The number of hydrogen-bond donors (Lipinski definition) is 0. The first-order chi connectivity index (χ1) is 8.21. The summed E-state index contributed by atoms with van der Waals surface area (Å²) in [4.78, 5) is 0. The summed E-state index contributed by atoms with van der Waals surface area (Å²) in [5.74, 6) is 0. The molecule has 2 fully saturated rings. The molecule has 0 saturated carbocycles. The third-order valence-corrected chi connectivity index (χ3v) is 12.9. The zero-order valence-corrected chi connectivity index (χ0v) is 15.1. The lowest BCUT2D eigenvalue weighted by atomic mass is 10.1. The largest absolute Gasteiger partial charge is 0.0974 e. The van der Waals surface area contributed by atoms with Crippen LogP contribution in [0, 0.1) is 0 Å². The van der Waals surface area contributed by atoms with Crippen LogP contribution in [0.5, 0.6) is 0 Å². The van der Waals surface area contributed by atoms with Gasteiger partial charge in [-0.25, -0.2) is 0 Å². The lowest BCUT2D eigenvalue weighted by Crippen LogP contribution is -2.29. The molecule has 2 heteroatoms. The van der Waals surface area contributed by atoms with Crippen LogP contribution in [-0.4, -0.2) is 34.0 Å². The second-order valence-corrected chi connectivity index (χ2v) is 14.9. The van der Waals surface area contributed by atoms with Crippen LogP contribution in [0.3, 0.4) is 0 Å². The van der Waals surface area contributed by atoms with E-state index < -0.39 is 0 Å². The Morgan fingerprint density at radius 3 is 1.28 bits per heavy atom. The number of rotatable bonds is 1. The first-order valence-electron chi connectivity index (χ1n) is 7.75. The summed E-state index contributed by atoms with van der Waals surface area (Å²) >= 11 is 0. The summed E-state index contributed by atoms with van der Waals surface area (Å²) in [6.45, 7) is 15.0. The predicted octanol–water partition coefficient (Wildman–Crippen LogP) is 5.87. The highest BCUT2D eigenvalue weighted by atomic mass is 31.1. The third-order valence-electron chi connectivity index (χ3n) is 4.77. The van der Waals surface area contributed by atoms with Gasteiger partial charge < -0.3 is 0 Å². The van der Waals surface area contributed by atoms with Gasteiger partial charge in [0, 0.05) is 0 Å². The maximum absolute atomic E-state index is 2.51. The van der Waals surface area contributed by atoms with Crippen LogP contribution in [0.15, 0.2) is 0 Å². The van der Waals surface area contributed by atoms with Crippen molar-refractivity contribution in [2.24, 2.45) is 0 Å². The monoisotopic (exact) mass is 286 g/mol. The quantitative estimate of drug-likeness (QED) is 0.529. The van der Waals surface area contributed by atoms with Gasteiger partial charge in [-0.15, -0.1) is 0 Å². The SMILES string of the molecule is CC(C)(C)[P@@]1CCC[C@H]1[C@@H]1CCC[P@]1C(C)(C)C. The van der Waals surface area contributed by atoms with Crippen LogP contribution < -0.4 is 0 Å². The van der Waals surface area contributed by atoms with Crippen molar-refractivity contribution < 1.29 is 0 Å². The fourth-order valence-corrected chi connectivity index (χ4v) is 12.2. The maximum Gasteiger partial charge on any atom is -0.0136 e. The van der Waals surface area contributed by atoms with Crippen LogP contribution in [0.1, 0.15) is 67.2 Å². The van der Waals surface area contributed by atoms with Gasteiger partial charge in [0.25, 0.3) is 0 Å². The Labute approximate surface area is 117 Å². The maximum atomic E-state index is 2.51. The Balaban J connectivity index is 2.15. The zero-order chi connectivity index (χ0) is 13.6. The van der Waals surface area contributed by atoms with Crippen LogP contribution in [-0.2, 0) is 0 Å². The third kappa shape index (κ3) is 3.12. The first-order valence-corrected chi connectivity index (χ1v) is 10.9. The van der Waals surface area contributed by atoms with Crippen LogP contribution in [0.4, 0.5) is 0 Å². The highest BCUT2D eigenvalue weighted by molar-refractivity contribution is 7.64. The van der Waals surface area contributed by atoms with E-state index >= 15 is 0 Å².